The first kappa shape index (κ1) is 10.6. The van der Waals surface area contributed by atoms with Gasteiger partial charge < -0.3 is 10.6 Å². The van der Waals surface area contributed by atoms with E-state index in [-0.39, 0.29) is 11.8 Å². The lowest BCUT2D eigenvalue weighted by Crippen LogP contribution is -2.26. The van der Waals surface area contributed by atoms with E-state index < -0.39 is 18.8 Å². The third-order valence-corrected chi connectivity index (χ3v) is 1.52. The van der Waals surface area contributed by atoms with Gasteiger partial charge in [-0.2, -0.15) is 4.98 Å². The Hall–Kier alpha value is -1.53. The van der Waals surface area contributed by atoms with Crippen LogP contribution in [-0.4, -0.2) is 30.0 Å². The normalized spacial score (nSPS) is 10.6. The zero-order valence-corrected chi connectivity index (χ0v) is 7.41. The van der Waals surface area contributed by atoms with Crippen LogP contribution in [0, 0.1) is 5.82 Å². The van der Waals surface area contributed by atoms with Gasteiger partial charge in [-0.1, -0.05) is 0 Å². The smallest absolute Gasteiger partial charge is 0.255 e. The molecule has 0 radical (unpaired) electrons. The molecule has 4 nitrogen and oxygen atoms in total. The van der Waals surface area contributed by atoms with Crippen molar-refractivity contribution in [1.82, 2.24) is 9.97 Å². The predicted molar refractivity (Wildman–Crippen MR) is 45.7 cm³/mol. The fourth-order valence-electron chi connectivity index (χ4n) is 0.932. The lowest BCUT2D eigenvalue weighted by molar-refractivity contribution is 0.156. The summed E-state index contributed by atoms with van der Waals surface area (Å²) in [5.41, 5.74) is 5.19. The maximum atomic E-state index is 13.0. The second kappa shape index (κ2) is 4.12. The fraction of sp³-hybridized carbons (Fsp3) is 0.429. The SMILES string of the molecule is CN(CC(F)F)c1nc(N)ncc1F. The van der Waals surface area contributed by atoms with E-state index in [1.54, 1.807) is 0 Å². The Bertz CT molecular complexity index is 318. The zero-order valence-electron chi connectivity index (χ0n) is 7.41. The van der Waals surface area contributed by atoms with Crippen molar-refractivity contribution in [2.45, 2.75) is 6.43 Å². The molecular weight excluding hydrogens is 197 g/mol. The molecular formula is C7H9F3N4. The van der Waals surface area contributed by atoms with Gasteiger partial charge >= 0.3 is 0 Å². The molecule has 7 heteroatoms. The molecule has 0 aromatic carbocycles. The molecule has 1 aromatic heterocycles. The van der Waals surface area contributed by atoms with Crippen molar-refractivity contribution in [3.8, 4) is 0 Å². The molecule has 1 rings (SSSR count). The minimum Gasteiger partial charge on any atom is -0.368 e. The van der Waals surface area contributed by atoms with Crippen molar-refractivity contribution in [3.63, 3.8) is 0 Å². The van der Waals surface area contributed by atoms with E-state index >= 15 is 0 Å². The number of halogens is 3. The molecule has 0 atom stereocenters. The quantitative estimate of drug-likeness (QED) is 0.798. The first-order valence-corrected chi connectivity index (χ1v) is 3.78. The molecule has 0 saturated carbocycles. The summed E-state index contributed by atoms with van der Waals surface area (Å²) < 4.78 is 36.9. The van der Waals surface area contributed by atoms with Crippen LogP contribution in [0.5, 0.6) is 0 Å². The molecule has 0 spiro atoms. The van der Waals surface area contributed by atoms with E-state index in [9.17, 15) is 13.2 Å². The molecule has 0 aliphatic rings. The predicted octanol–water partition coefficient (Wildman–Crippen LogP) is 0.899. The van der Waals surface area contributed by atoms with E-state index in [1.165, 1.54) is 7.05 Å². The van der Waals surface area contributed by atoms with E-state index in [2.05, 4.69) is 9.97 Å². The molecule has 0 saturated heterocycles. The van der Waals surface area contributed by atoms with Gasteiger partial charge in [-0.15, -0.1) is 0 Å². The molecule has 0 amide bonds. The first-order valence-electron chi connectivity index (χ1n) is 3.78. The second-order valence-corrected chi connectivity index (χ2v) is 2.67. The van der Waals surface area contributed by atoms with Crippen molar-refractivity contribution in [2.75, 3.05) is 24.2 Å². The Kier molecular flexibility index (Phi) is 3.10. The monoisotopic (exact) mass is 206 g/mol. The van der Waals surface area contributed by atoms with Crippen molar-refractivity contribution >= 4 is 11.8 Å². The number of nitrogens with zero attached hydrogens (tertiary/aromatic N) is 3. The van der Waals surface area contributed by atoms with Gasteiger partial charge in [-0.05, 0) is 0 Å². The van der Waals surface area contributed by atoms with Crippen molar-refractivity contribution < 1.29 is 13.2 Å². The number of hydrogen-bond donors (Lipinski definition) is 1. The van der Waals surface area contributed by atoms with E-state index in [1.807, 2.05) is 0 Å². The number of rotatable bonds is 3. The number of aromatic nitrogens is 2. The molecule has 1 heterocycles. The standard InChI is InChI=1S/C7H9F3N4/c1-14(3-5(9)10)6-4(8)2-12-7(11)13-6/h2,5H,3H2,1H3,(H2,11,12,13). The fourth-order valence-corrected chi connectivity index (χ4v) is 0.932. The van der Waals surface area contributed by atoms with Gasteiger partial charge in [-0.3, -0.25) is 0 Å². The maximum absolute atomic E-state index is 13.0. The van der Waals surface area contributed by atoms with Gasteiger partial charge in [0.05, 0.1) is 12.7 Å². The highest BCUT2D eigenvalue weighted by atomic mass is 19.3. The third-order valence-electron chi connectivity index (χ3n) is 1.52. The van der Waals surface area contributed by atoms with Crippen LogP contribution < -0.4 is 10.6 Å². The Balaban J connectivity index is 2.88. The van der Waals surface area contributed by atoms with Gasteiger partial charge in [0.2, 0.25) is 5.95 Å². The van der Waals surface area contributed by atoms with Crippen LogP contribution >= 0.6 is 0 Å². The highest BCUT2D eigenvalue weighted by molar-refractivity contribution is 5.41. The van der Waals surface area contributed by atoms with Crippen LogP contribution in [-0.2, 0) is 0 Å². The zero-order chi connectivity index (χ0) is 10.7. The second-order valence-electron chi connectivity index (χ2n) is 2.67. The molecule has 78 valence electrons. The summed E-state index contributed by atoms with van der Waals surface area (Å²) in [7, 11) is 1.30. The van der Waals surface area contributed by atoms with Gasteiger partial charge in [0, 0.05) is 7.05 Å². The Morgan fingerprint density at radius 2 is 2.21 bits per heavy atom. The molecule has 2 N–H and O–H groups in total. The number of nitrogens with two attached hydrogens (primary N) is 1. The van der Waals surface area contributed by atoms with Crippen LogP contribution in [0.2, 0.25) is 0 Å². The van der Waals surface area contributed by atoms with E-state index in [0.29, 0.717) is 0 Å². The summed E-state index contributed by atoms with van der Waals surface area (Å²) >= 11 is 0. The average molecular weight is 206 g/mol. The van der Waals surface area contributed by atoms with Gasteiger partial charge in [0.15, 0.2) is 11.6 Å². The van der Waals surface area contributed by atoms with Crippen molar-refractivity contribution in [3.05, 3.63) is 12.0 Å². The number of nitrogen functional groups attached to an aromatic ring is 1. The summed E-state index contributed by atoms with van der Waals surface area (Å²) in [5.74, 6) is -1.15. The summed E-state index contributed by atoms with van der Waals surface area (Å²) in [6, 6.07) is 0. The first-order chi connectivity index (χ1) is 6.50. The van der Waals surface area contributed by atoms with Crippen molar-refractivity contribution in [1.29, 1.82) is 0 Å². The van der Waals surface area contributed by atoms with E-state index in [4.69, 9.17) is 5.73 Å². The van der Waals surface area contributed by atoms with Crippen molar-refractivity contribution in [2.24, 2.45) is 0 Å². The van der Waals surface area contributed by atoms with Crippen LogP contribution in [0.3, 0.4) is 0 Å². The third kappa shape index (κ3) is 2.48. The maximum Gasteiger partial charge on any atom is 0.255 e. The Morgan fingerprint density at radius 3 is 2.79 bits per heavy atom. The molecule has 0 aliphatic heterocycles. The summed E-state index contributed by atoms with van der Waals surface area (Å²) in [6.45, 7) is -0.604. The number of anilines is 2. The van der Waals surface area contributed by atoms with Crippen LogP contribution in [0.25, 0.3) is 0 Å². The highest BCUT2D eigenvalue weighted by Gasteiger charge is 2.14. The molecule has 0 bridgehead atoms. The van der Waals surface area contributed by atoms with Crippen LogP contribution in [0.15, 0.2) is 6.20 Å². The Morgan fingerprint density at radius 1 is 1.57 bits per heavy atom. The minimum atomic E-state index is -2.56. The summed E-state index contributed by atoms with van der Waals surface area (Å²) in [4.78, 5) is 7.87. The molecule has 1 aromatic rings. The molecule has 14 heavy (non-hydrogen) atoms. The van der Waals surface area contributed by atoms with Gasteiger partial charge in [-0.25, -0.2) is 18.2 Å². The van der Waals surface area contributed by atoms with Gasteiger partial charge in [0.1, 0.15) is 0 Å². The minimum absolute atomic E-state index is 0.150. The number of alkyl halides is 2. The summed E-state index contributed by atoms with van der Waals surface area (Å²) in [6.07, 6.45) is -1.71. The lowest BCUT2D eigenvalue weighted by atomic mass is 10.4. The highest BCUT2D eigenvalue weighted by Crippen LogP contribution is 2.15. The summed E-state index contributed by atoms with van der Waals surface area (Å²) in [5, 5.41) is 0. The van der Waals surface area contributed by atoms with E-state index in [0.717, 1.165) is 11.1 Å². The largest absolute Gasteiger partial charge is 0.368 e. The molecule has 0 unspecified atom stereocenters. The average Bonchev–Trinajstić information content (AvgIpc) is 2.08. The van der Waals surface area contributed by atoms with Crippen LogP contribution in [0.4, 0.5) is 24.9 Å². The Labute approximate surface area is 78.6 Å². The van der Waals surface area contributed by atoms with Crippen LogP contribution in [0.1, 0.15) is 0 Å². The number of hydrogen-bond acceptors (Lipinski definition) is 4. The molecule has 0 aliphatic carbocycles. The topological polar surface area (TPSA) is 55.0 Å². The van der Waals surface area contributed by atoms with Gasteiger partial charge in [0.25, 0.3) is 6.43 Å². The lowest BCUT2D eigenvalue weighted by Gasteiger charge is -2.17. The molecule has 0 fully saturated rings.